The summed E-state index contributed by atoms with van der Waals surface area (Å²) in [6.45, 7) is 0.00682. The second kappa shape index (κ2) is 4.76. The number of aliphatic carboxylic acids is 1. The minimum Gasteiger partial charge on any atom is -0.480 e. The molecule has 1 heterocycles. The van der Waals surface area contributed by atoms with Crippen LogP contribution in [0.2, 0.25) is 5.15 Å². The van der Waals surface area contributed by atoms with Crippen LogP contribution in [0.15, 0.2) is 6.33 Å². The maximum absolute atomic E-state index is 10.4. The van der Waals surface area contributed by atoms with Crippen molar-refractivity contribution >= 4 is 29.1 Å². The van der Waals surface area contributed by atoms with Gasteiger partial charge in [-0.3, -0.25) is 4.79 Å². The maximum Gasteiger partial charge on any atom is 0.322 e. The van der Waals surface area contributed by atoms with Crippen molar-refractivity contribution in [1.29, 1.82) is 0 Å². The van der Waals surface area contributed by atoms with Crippen molar-refractivity contribution in [2.45, 2.75) is 6.04 Å². The molecular formula is C7H10ClN5O2. The smallest absolute Gasteiger partial charge is 0.322 e. The molecule has 0 aliphatic heterocycles. The number of nitrogens with two attached hydrogens (primary N) is 2. The highest BCUT2D eigenvalue weighted by Gasteiger charge is 2.12. The average molecular weight is 232 g/mol. The van der Waals surface area contributed by atoms with Gasteiger partial charge < -0.3 is 21.9 Å². The maximum atomic E-state index is 10.4. The first-order valence-corrected chi connectivity index (χ1v) is 4.38. The molecule has 15 heavy (non-hydrogen) atoms. The molecule has 1 rings (SSSR count). The number of aromatic nitrogens is 2. The van der Waals surface area contributed by atoms with Crippen molar-refractivity contribution in [2.24, 2.45) is 5.73 Å². The van der Waals surface area contributed by atoms with Crippen molar-refractivity contribution in [3.8, 4) is 0 Å². The summed E-state index contributed by atoms with van der Waals surface area (Å²) in [4.78, 5) is 17.9. The third-order valence-electron chi connectivity index (χ3n) is 1.64. The number of rotatable bonds is 4. The van der Waals surface area contributed by atoms with E-state index in [9.17, 15) is 4.79 Å². The van der Waals surface area contributed by atoms with Crippen molar-refractivity contribution in [2.75, 3.05) is 17.6 Å². The summed E-state index contributed by atoms with van der Waals surface area (Å²) >= 11 is 5.63. The number of nitrogens with one attached hydrogen (secondary N) is 1. The fraction of sp³-hybridized carbons (Fsp3) is 0.286. The van der Waals surface area contributed by atoms with Crippen LogP contribution in [0.3, 0.4) is 0 Å². The molecule has 82 valence electrons. The SMILES string of the molecule is Nc1c(Cl)ncnc1NCC(N)C(=O)O. The van der Waals surface area contributed by atoms with Gasteiger partial charge in [0.2, 0.25) is 0 Å². The lowest BCUT2D eigenvalue weighted by Gasteiger charge is -2.10. The number of carbonyl (C=O) groups is 1. The van der Waals surface area contributed by atoms with Crippen LogP contribution in [0.1, 0.15) is 0 Å². The zero-order valence-electron chi connectivity index (χ0n) is 7.64. The molecule has 0 aliphatic rings. The Bertz CT molecular complexity index is 372. The molecule has 8 heteroatoms. The summed E-state index contributed by atoms with van der Waals surface area (Å²) in [5, 5.41) is 11.3. The predicted octanol–water partition coefficient (Wildman–Crippen LogP) is -0.464. The summed E-state index contributed by atoms with van der Waals surface area (Å²) in [6.07, 6.45) is 1.22. The van der Waals surface area contributed by atoms with E-state index >= 15 is 0 Å². The number of nitrogens with zero attached hydrogens (tertiary/aromatic N) is 2. The zero-order chi connectivity index (χ0) is 11.4. The van der Waals surface area contributed by atoms with Gasteiger partial charge in [0.25, 0.3) is 0 Å². The number of hydrogen-bond donors (Lipinski definition) is 4. The van der Waals surface area contributed by atoms with Gasteiger partial charge in [-0.2, -0.15) is 0 Å². The minimum absolute atomic E-state index is 0.00682. The fourth-order valence-corrected chi connectivity index (χ4v) is 0.942. The van der Waals surface area contributed by atoms with Crippen LogP contribution >= 0.6 is 11.6 Å². The van der Waals surface area contributed by atoms with E-state index in [1.165, 1.54) is 6.33 Å². The highest BCUT2D eigenvalue weighted by atomic mass is 35.5. The molecule has 0 radical (unpaired) electrons. The third kappa shape index (κ3) is 2.93. The summed E-state index contributed by atoms with van der Waals surface area (Å²) < 4.78 is 0. The quantitative estimate of drug-likeness (QED) is 0.516. The van der Waals surface area contributed by atoms with Crippen molar-refractivity contribution in [3.05, 3.63) is 11.5 Å². The molecule has 1 aromatic rings. The molecular weight excluding hydrogens is 222 g/mol. The lowest BCUT2D eigenvalue weighted by atomic mass is 10.3. The lowest BCUT2D eigenvalue weighted by molar-refractivity contribution is -0.138. The highest BCUT2D eigenvalue weighted by molar-refractivity contribution is 6.32. The van der Waals surface area contributed by atoms with Crippen molar-refractivity contribution in [3.63, 3.8) is 0 Å². The molecule has 0 amide bonds. The van der Waals surface area contributed by atoms with Gasteiger partial charge in [-0.25, -0.2) is 9.97 Å². The Balaban J connectivity index is 2.66. The summed E-state index contributed by atoms with van der Waals surface area (Å²) in [5.74, 6) is -0.840. The van der Waals surface area contributed by atoms with Gasteiger partial charge in [0.15, 0.2) is 11.0 Å². The second-order valence-corrected chi connectivity index (χ2v) is 3.11. The zero-order valence-corrected chi connectivity index (χ0v) is 8.40. The van der Waals surface area contributed by atoms with Gasteiger partial charge in [-0.15, -0.1) is 0 Å². The van der Waals surface area contributed by atoms with Gasteiger partial charge in [-0.05, 0) is 0 Å². The molecule has 0 saturated carbocycles. The molecule has 0 saturated heterocycles. The van der Waals surface area contributed by atoms with Crippen LogP contribution in [0.25, 0.3) is 0 Å². The van der Waals surface area contributed by atoms with E-state index in [1.807, 2.05) is 0 Å². The molecule has 0 spiro atoms. The van der Waals surface area contributed by atoms with E-state index in [-0.39, 0.29) is 23.2 Å². The second-order valence-electron chi connectivity index (χ2n) is 2.75. The van der Waals surface area contributed by atoms with Gasteiger partial charge in [0.1, 0.15) is 18.1 Å². The summed E-state index contributed by atoms with van der Waals surface area (Å²) in [7, 11) is 0. The van der Waals surface area contributed by atoms with Gasteiger partial charge >= 0.3 is 5.97 Å². The fourth-order valence-electron chi connectivity index (χ4n) is 0.809. The monoisotopic (exact) mass is 231 g/mol. The van der Waals surface area contributed by atoms with Gasteiger partial charge in [0.05, 0.1) is 0 Å². The molecule has 1 unspecified atom stereocenters. The lowest BCUT2D eigenvalue weighted by Crippen LogP contribution is -2.37. The molecule has 0 bridgehead atoms. The van der Waals surface area contributed by atoms with Gasteiger partial charge in [0, 0.05) is 6.54 Å². The number of anilines is 2. The van der Waals surface area contributed by atoms with E-state index < -0.39 is 12.0 Å². The number of carboxylic acids is 1. The van der Waals surface area contributed by atoms with Crippen molar-refractivity contribution in [1.82, 2.24) is 9.97 Å². The van der Waals surface area contributed by atoms with Crippen LogP contribution in [0.5, 0.6) is 0 Å². The third-order valence-corrected chi connectivity index (χ3v) is 1.94. The molecule has 1 atom stereocenters. The van der Waals surface area contributed by atoms with E-state index in [0.29, 0.717) is 0 Å². The van der Waals surface area contributed by atoms with E-state index in [4.69, 9.17) is 28.2 Å². The Hall–Kier alpha value is -1.60. The first-order chi connectivity index (χ1) is 7.02. The summed E-state index contributed by atoms with van der Waals surface area (Å²) in [5.41, 5.74) is 11.0. The van der Waals surface area contributed by atoms with Gasteiger partial charge in [-0.1, -0.05) is 11.6 Å². The van der Waals surface area contributed by atoms with Crippen LogP contribution in [-0.2, 0) is 4.79 Å². The van der Waals surface area contributed by atoms with Crippen LogP contribution in [-0.4, -0.2) is 33.6 Å². The topological polar surface area (TPSA) is 127 Å². The van der Waals surface area contributed by atoms with E-state index in [1.54, 1.807) is 0 Å². The number of hydrogen-bond acceptors (Lipinski definition) is 6. The molecule has 0 fully saturated rings. The molecule has 1 aromatic heterocycles. The van der Waals surface area contributed by atoms with E-state index in [0.717, 1.165) is 0 Å². The highest BCUT2D eigenvalue weighted by Crippen LogP contribution is 2.21. The molecule has 7 nitrogen and oxygen atoms in total. The Morgan fingerprint density at radius 2 is 2.33 bits per heavy atom. The normalized spacial score (nSPS) is 12.1. The molecule has 0 aliphatic carbocycles. The largest absolute Gasteiger partial charge is 0.480 e. The van der Waals surface area contributed by atoms with Crippen LogP contribution in [0.4, 0.5) is 11.5 Å². The Morgan fingerprint density at radius 3 is 2.93 bits per heavy atom. The Kier molecular flexibility index (Phi) is 3.64. The first kappa shape index (κ1) is 11.5. The molecule has 6 N–H and O–H groups in total. The van der Waals surface area contributed by atoms with Crippen LogP contribution in [0, 0.1) is 0 Å². The van der Waals surface area contributed by atoms with Crippen LogP contribution < -0.4 is 16.8 Å². The molecule has 0 aromatic carbocycles. The standard InChI is InChI=1S/C7H10ClN5O2/c8-5-4(10)6(13-2-12-5)11-1-3(9)7(14)15/h2-3H,1,9-10H2,(H,14,15)(H,11,12,13). The minimum atomic E-state index is -1.11. The number of nitrogen functional groups attached to an aromatic ring is 1. The summed E-state index contributed by atoms with van der Waals surface area (Å²) in [6, 6.07) is -1.03. The first-order valence-electron chi connectivity index (χ1n) is 4.00. The predicted molar refractivity (Wildman–Crippen MR) is 55.6 cm³/mol. The Morgan fingerprint density at radius 1 is 1.67 bits per heavy atom. The Labute approximate surface area is 90.5 Å². The number of halogens is 1. The van der Waals surface area contributed by atoms with Crippen molar-refractivity contribution < 1.29 is 9.90 Å². The average Bonchev–Trinajstić information content (AvgIpc) is 2.19. The van der Waals surface area contributed by atoms with E-state index in [2.05, 4.69) is 15.3 Å². The number of carboxylic acid groups (broad SMARTS) is 1.